The molecule has 0 radical (unpaired) electrons. The molecule has 0 atom stereocenters. The molecule has 2 aromatic heterocycles. The number of benzene rings is 2. The second-order valence-corrected chi connectivity index (χ2v) is 7.77. The van der Waals surface area contributed by atoms with E-state index in [2.05, 4.69) is 20.9 Å². The number of aryl methyl sites for hydroxylation is 1. The second-order valence-electron chi connectivity index (χ2n) is 6.42. The van der Waals surface area contributed by atoms with E-state index in [0.29, 0.717) is 21.9 Å². The number of Topliss-reactive ketones (excluding diaryl/α,β-unsaturated/α-hetero) is 2. The van der Waals surface area contributed by atoms with E-state index in [9.17, 15) is 9.59 Å². The van der Waals surface area contributed by atoms with Crippen LogP contribution in [0, 0.1) is 6.92 Å². The molecule has 2 aromatic carbocycles. The molecule has 28 heavy (non-hydrogen) atoms. The Bertz CT molecular complexity index is 1210. The first-order chi connectivity index (χ1) is 13.4. The van der Waals surface area contributed by atoms with Gasteiger partial charge in [0, 0.05) is 26.8 Å². The summed E-state index contributed by atoms with van der Waals surface area (Å²) < 4.78 is 2.52. The molecule has 6 heteroatoms. The minimum atomic E-state index is -0.606. The average Bonchev–Trinajstić information content (AvgIpc) is 3.06. The Morgan fingerprint density at radius 1 is 0.929 bits per heavy atom. The van der Waals surface area contributed by atoms with Crippen molar-refractivity contribution in [1.82, 2.24) is 9.38 Å². The highest BCUT2D eigenvalue weighted by atomic mass is 79.9. The van der Waals surface area contributed by atoms with Crippen molar-refractivity contribution in [3.05, 3.63) is 93.2 Å². The van der Waals surface area contributed by atoms with Crippen LogP contribution in [0.3, 0.4) is 0 Å². The second kappa shape index (κ2) is 7.34. The highest BCUT2D eigenvalue weighted by Gasteiger charge is 2.27. The minimum absolute atomic E-state index is 0.244. The van der Waals surface area contributed by atoms with Crippen LogP contribution in [0.25, 0.3) is 16.9 Å². The number of nitrogens with zero attached hydrogens (tertiary/aromatic N) is 2. The number of fused-ring (bicyclic) bond motifs is 1. The lowest BCUT2D eigenvalue weighted by atomic mass is 10.0. The molecule has 4 aromatic rings. The molecule has 0 saturated carbocycles. The first kappa shape index (κ1) is 18.6. The number of hydrogen-bond acceptors (Lipinski definition) is 3. The third kappa shape index (κ3) is 3.39. The zero-order chi connectivity index (χ0) is 19.8. The van der Waals surface area contributed by atoms with Crippen molar-refractivity contribution in [3.63, 3.8) is 0 Å². The summed E-state index contributed by atoms with van der Waals surface area (Å²) in [6, 6.07) is 17.5. The molecule has 0 spiro atoms. The molecule has 138 valence electrons. The number of hydrogen-bond donors (Lipinski definition) is 0. The molecule has 0 unspecified atom stereocenters. The van der Waals surface area contributed by atoms with Crippen LogP contribution >= 0.6 is 27.5 Å². The molecule has 2 heterocycles. The van der Waals surface area contributed by atoms with E-state index in [0.717, 1.165) is 15.6 Å². The van der Waals surface area contributed by atoms with Crippen LogP contribution in [-0.4, -0.2) is 21.0 Å². The fraction of sp³-hybridized carbons (Fsp3) is 0.0455. The Morgan fingerprint density at radius 2 is 1.61 bits per heavy atom. The van der Waals surface area contributed by atoms with Gasteiger partial charge in [-0.05, 0) is 55.0 Å². The molecule has 0 bridgehead atoms. The maximum Gasteiger partial charge on any atom is 0.252 e. The Hall–Kier alpha value is -2.76. The largest absolute Gasteiger partial charge is 0.296 e. The van der Waals surface area contributed by atoms with E-state index >= 15 is 0 Å². The molecule has 0 N–H and O–H groups in total. The van der Waals surface area contributed by atoms with Gasteiger partial charge in [-0.2, -0.15) is 0 Å². The highest BCUT2D eigenvalue weighted by molar-refractivity contribution is 9.10. The fourth-order valence-corrected chi connectivity index (χ4v) is 3.41. The van der Waals surface area contributed by atoms with Crippen molar-refractivity contribution >= 4 is 44.7 Å². The van der Waals surface area contributed by atoms with Gasteiger partial charge in [-0.15, -0.1) is 0 Å². The first-order valence-corrected chi connectivity index (χ1v) is 9.70. The molecular weight excluding hydrogens is 440 g/mol. The lowest BCUT2D eigenvalue weighted by molar-refractivity contribution is 0.0814. The third-order valence-corrected chi connectivity index (χ3v) is 5.19. The number of rotatable bonds is 4. The van der Waals surface area contributed by atoms with E-state index in [-0.39, 0.29) is 5.69 Å². The lowest BCUT2D eigenvalue weighted by Crippen LogP contribution is -2.17. The summed E-state index contributed by atoms with van der Waals surface area (Å²) in [5.41, 5.74) is 3.31. The Balaban J connectivity index is 1.90. The number of imidazole rings is 1. The SMILES string of the molecule is Cc1ccc2nc(-c3ccc(Cl)cc3)c(C(=O)C(=O)c3ccc(Br)cc3)n2c1. The standard InChI is InChI=1S/C22H14BrClN2O2/c1-13-2-11-18-25-19(14-5-9-17(24)10-6-14)20(26(18)12-13)22(28)21(27)15-3-7-16(23)8-4-15/h2-12H,1H3. The monoisotopic (exact) mass is 452 g/mol. The summed E-state index contributed by atoms with van der Waals surface area (Å²) in [6.07, 6.45) is 1.81. The number of carbonyl (C=O) groups is 2. The summed E-state index contributed by atoms with van der Waals surface area (Å²) in [5.74, 6) is -1.18. The summed E-state index contributed by atoms with van der Waals surface area (Å²) in [6.45, 7) is 1.92. The van der Waals surface area contributed by atoms with Gasteiger partial charge < -0.3 is 0 Å². The maximum atomic E-state index is 13.2. The van der Waals surface area contributed by atoms with Gasteiger partial charge in [-0.3, -0.25) is 14.0 Å². The van der Waals surface area contributed by atoms with Crippen LogP contribution in [-0.2, 0) is 0 Å². The molecule has 4 nitrogen and oxygen atoms in total. The fourth-order valence-electron chi connectivity index (χ4n) is 3.02. The van der Waals surface area contributed by atoms with Gasteiger partial charge in [0.2, 0.25) is 5.78 Å². The van der Waals surface area contributed by atoms with Gasteiger partial charge >= 0.3 is 0 Å². The van der Waals surface area contributed by atoms with Crippen LogP contribution in [0.1, 0.15) is 26.4 Å². The van der Waals surface area contributed by atoms with Crippen LogP contribution in [0.5, 0.6) is 0 Å². The van der Waals surface area contributed by atoms with E-state index in [1.54, 1.807) is 52.9 Å². The Morgan fingerprint density at radius 3 is 2.29 bits per heavy atom. The van der Waals surface area contributed by atoms with Crippen molar-refractivity contribution in [2.45, 2.75) is 6.92 Å². The number of carbonyl (C=O) groups excluding carboxylic acids is 2. The minimum Gasteiger partial charge on any atom is -0.296 e. The molecule has 0 aliphatic carbocycles. The summed E-state index contributed by atoms with van der Waals surface area (Å²) in [4.78, 5) is 30.7. The zero-order valence-electron chi connectivity index (χ0n) is 14.8. The number of aromatic nitrogens is 2. The molecule has 0 saturated heterocycles. The van der Waals surface area contributed by atoms with E-state index in [1.807, 2.05) is 25.3 Å². The molecule has 0 amide bonds. The van der Waals surface area contributed by atoms with E-state index < -0.39 is 11.6 Å². The Labute approximate surface area is 174 Å². The number of pyridine rings is 1. The normalized spacial score (nSPS) is 11.0. The molecule has 4 rings (SSSR count). The molecule has 0 aliphatic heterocycles. The third-order valence-electron chi connectivity index (χ3n) is 4.41. The van der Waals surface area contributed by atoms with Crippen molar-refractivity contribution in [1.29, 1.82) is 0 Å². The summed E-state index contributed by atoms with van der Waals surface area (Å²) >= 11 is 9.33. The number of halogens is 2. The smallest absolute Gasteiger partial charge is 0.252 e. The van der Waals surface area contributed by atoms with Crippen molar-refractivity contribution < 1.29 is 9.59 Å². The summed E-state index contributed by atoms with van der Waals surface area (Å²) in [7, 11) is 0. The van der Waals surface area contributed by atoms with Gasteiger partial charge in [0.15, 0.2) is 0 Å². The maximum absolute atomic E-state index is 13.2. The first-order valence-electron chi connectivity index (χ1n) is 8.53. The van der Waals surface area contributed by atoms with E-state index in [1.165, 1.54) is 0 Å². The molecule has 0 fully saturated rings. The predicted octanol–water partition coefficient (Wildman–Crippen LogP) is 5.79. The predicted molar refractivity (Wildman–Crippen MR) is 113 cm³/mol. The van der Waals surface area contributed by atoms with Crippen LogP contribution in [0.4, 0.5) is 0 Å². The van der Waals surface area contributed by atoms with Crippen molar-refractivity contribution in [2.75, 3.05) is 0 Å². The highest BCUT2D eigenvalue weighted by Crippen LogP contribution is 2.27. The van der Waals surface area contributed by atoms with Gasteiger partial charge in [0.1, 0.15) is 17.0 Å². The Kier molecular flexibility index (Phi) is 4.87. The van der Waals surface area contributed by atoms with Crippen LogP contribution in [0.15, 0.2) is 71.3 Å². The lowest BCUT2D eigenvalue weighted by Gasteiger charge is -2.06. The number of ketones is 2. The van der Waals surface area contributed by atoms with Crippen LogP contribution in [0.2, 0.25) is 5.02 Å². The van der Waals surface area contributed by atoms with Gasteiger partial charge in [-0.1, -0.05) is 45.7 Å². The van der Waals surface area contributed by atoms with Gasteiger partial charge in [0.25, 0.3) is 5.78 Å². The van der Waals surface area contributed by atoms with Crippen molar-refractivity contribution in [3.8, 4) is 11.3 Å². The quantitative estimate of drug-likeness (QED) is 0.290. The van der Waals surface area contributed by atoms with E-state index in [4.69, 9.17) is 11.6 Å². The average molecular weight is 454 g/mol. The van der Waals surface area contributed by atoms with Crippen molar-refractivity contribution in [2.24, 2.45) is 0 Å². The van der Waals surface area contributed by atoms with Gasteiger partial charge in [0.05, 0.1) is 0 Å². The zero-order valence-corrected chi connectivity index (χ0v) is 17.2. The summed E-state index contributed by atoms with van der Waals surface area (Å²) in [5, 5.41) is 0.585. The van der Waals surface area contributed by atoms with Crippen LogP contribution < -0.4 is 0 Å². The van der Waals surface area contributed by atoms with Gasteiger partial charge in [-0.25, -0.2) is 4.98 Å². The molecular formula is C22H14BrClN2O2. The topological polar surface area (TPSA) is 51.4 Å². The molecule has 0 aliphatic rings.